The average Bonchev–Trinajstić information content (AvgIpc) is 2.82. The molecule has 10 heteroatoms. The van der Waals surface area contributed by atoms with Crippen LogP contribution in [0.25, 0.3) is 0 Å². The summed E-state index contributed by atoms with van der Waals surface area (Å²) in [5, 5.41) is 0. The lowest BCUT2D eigenvalue weighted by molar-refractivity contribution is -0.170. The highest BCUT2D eigenvalue weighted by atomic mass is 16.6. The monoisotopic (exact) mass is 545 g/mol. The second-order valence-electron chi connectivity index (χ2n) is 11.7. The summed E-state index contributed by atoms with van der Waals surface area (Å²) in [4.78, 5) is 40.3. The molecule has 1 rings (SSSR count). The van der Waals surface area contributed by atoms with Gasteiger partial charge in [-0.3, -0.25) is 0 Å². The van der Waals surface area contributed by atoms with Crippen molar-refractivity contribution in [2.24, 2.45) is 0 Å². The number of nitrogens with zero attached hydrogens (tertiary/aromatic N) is 1. The van der Waals surface area contributed by atoms with Gasteiger partial charge in [0.25, 0.3) is 0 Å². The van der Waals surface area contributed by atoms with Gasteiger partial charge in [0, 0.05) is 13.2 Å². The summed E-state index contributed by atoms with van der Waals surface area (Å²) in [6, 6.07) is -1.42. The van der Waals surface area contributed by atoms with Crippen molar-refractivity contribution >= 4 is 18.2 Å². The number of hydrogen-bond donors (Lipinski definition) is 0. The van der Waals surface area contributed by atoms with Crippen molar-refractivity contribution in [1.82, 2.24) is 4.90 Å². The quantitative estimate of drug-likeness (QED) is 0.185. The standard InChI is InChI=1S/C28H51NO9/c1-10-12-14-16-34-22-19-33-18-21(24(30)36-20(3)23(22)35-17-15-13-11-2)29(25(31)37-27(4,5)6)26(32)38-28(7,8)9/h20-23H,10-19H2,1-9H3. The molecule has 222 valence electrons. The van der Waals surface area contributed by atoms with Crippen molar-refractivity contribution < 1.29 is 42.8 Å². The topological polar surface area (TPSA) is 110 Å². The van der Waals surface area contributed by atoms with Gasteiger partial charge in [-0.2, -0.15) is 4.90 Å². The molecule has 0 aromatic heterocycles. The molecule has 4 atom stereocenters. The van der Waals surface area contributed by atoms with E-state index in [1.807, 2.05) is 0 Å². The summed E-state index contributed by atoms with van der Waals surface area (Å²) in [6.07, 6.45) is 2.07. The lowest BCUT2D eigenvalue weighted by atomic mass is 10.1. The van der Waals surface area contributed by atoms with E-state index in [2.05, 4.69) is 13.8 Å². The van der Waals surface area contributed by atoms with Gasteiger partial charge in [0.1, 0.15) is 29.5 Å². The normalized spacial score (nSPS) is 23.0. The minimum Gasteiger partial charge on any atom is -0.458 e. The lowest BCUT2D eigenvalue weighted by Crippen LogP contribution is -2.54. The third kappa shape index (κ3) is 12.8. The highest BCUT2D eigenvalue weighted by molar-refractivity contribution is 5.94. The summed E-state index contributed by atoms with van der Waals surface area (Å²) in [6.45, 7) is 16.7. The van der Waals surface area contributed by atoms with Crippen LogP contribution in [0.3, 0.4) is 0 Å². The molecule has 1 aliphatic heterocycles. The minimum atomic E-state index is -1.42. The van der Waals surface area contributed by atoms with Gasteiger partial charge in [-0.05, 0) is 61.3 Å². The number of cyclic esters (lactones) is 1. The van der Waals surface area contributed by atoms with Gasteiger partial charge in [0.2, 0.25) is 0 Å². The summed E-state index contributed by atoms with van der Waals surface area (Å²) in [5.41, 5.74) is -1.83. The zero-order valence-electron chi connectivity index (χ0n) is 25.0. The smallest absolute Gasteiger partial charge is 0.420 e. The molecule has 10 nitrogen and oxygen atoms in total. The van der Waals surface area contributed by atoms with E-state index >= 15 is 0 Å². The summed E-state index contributed by atoms with van der Waals surface area (Å²) in [5.74, 6) is -0.817. The summed E-state index contributed by atoms with van der Waals surface area (Å²) in [7, 11) is 0. The predicted octanol–water partition coefficient (Wildman–Crippen LogP) is 5.64. The van der Waals surface area contributed by atoms with E-state index in [0.717, 1.165) is 38.5 Å². The summed E-state index contributed by atoms with van der Waals surface area (Å²) < 4.78 is 34.8. The third-order valence-electron chi connectivity index (χ3n) is 5.59. The van der Waals surface area contributed by atoms with Crippen LogP contribution in [0.5, 0.6) is 0 Å². The SMILES string of the molecule is CCCCCOC1COCC(N(C(=O)OC(C)(C)C)C(=O)OC(C)(C)C)C(=O)OC(C)C1OCCCCC. The van der Waals surface area contributed by atoms with E-state index in [4.69, 9.17) is 28.4 Å². The van der Waals surface area contributed by atoms with E-state index < -0.39 is 53.7 Å². The molecule has 0 N–H and O–H groups in total. The van der Waals surface area contributed by atoms with Crippen LogP contribution in [0.4, 0.5) is 9.59 Å². The molecule has 1 fully saturated rings. The number of hydrogen-bond acceptors (Lipinski definition) is 9. The second-order valence-corrected chi connectivity index (χ2v) is 11.7. The van der Waals surface area contributed by atoms with Crippen LogP contribution in [0.1, 0.15) is 101 Å². The van der Waals surface area contributed by atoms with Gasteiger partial charge in [0.05, 0.1) is 13.2 Å². The molecule has 0 saturated carbocycles. The first-order valence-electron chi connectivity index (χ1n) is 14.0. The molecule has 0 aromatic carbocycles. The molecule has 4 unspecified atom stereocenters. The zero-order chi connectivity index (χ0) is 28.9. The first-order chi connectivity index (χ1) is 17.7. The van der Waals surface area contributed by atoms with Crippen molar-refractivity contribution in [3.8, 4) is 0 Å². The maximum atomic E-state index is 13.4. The van der Waals surface area contributed by atoms with Crippen LogP contribution in [-0.4, -0.2) is 85.0 Å². The Bertz CT molecular complexity index is 701. The van der Waals surface area contributed by atoms with Crippen LogP contribution in [0, 0.1) is 0 Å². The summed E-state index contributed by atoms with van der Waals surface area (Å²) >= 11 is 0. The minimum absolute atomic E-state index is 0.0958. The van der Waals surface area contributed by atoms with Crippen LogP contribution in [0.2, 0.25) is 0 Å². The Labute approximate surface area is 229 Å². The largest absolute Gasteiger partial charge is 0.458 e. The van der Waals surface area contributed by atoms with E-state index in [9.17, 15) is 14.4 Å². The predicted molar refractivity (Wildman–Crippen MR) is 143 cm³/mol. The van der Waals surface area contributed by atoms with E-state index in [0.29, 0.717) is 18.1 Å². The Morgan fingerprint density at radius 2 is 1.34 bits per heavy atom. The molecule has 2 amide bonds. The Morgan fingerprint density at radius 3 is 1.82 bits per heavy atom. The Kier molecular flexibility index (Phi) is 14.6. The zero-order valence-corrected chi connectivity index (χ0v) is 25.0. The van der Waals surface area contributed by atoms with Gasteiger partial charge in [-0.15, -0.1) is 0 Å². The van der Waals surface area contributed by atoms with Crippen molar-refractivity contribution in [2.75, 3.05) is 26.4 Å². The van der Waals surface area contributed by atoms with Crippen LogP contribution in [-0.2, 0) is 33.2 Å². The molecule has 0 radical (unpaired) electrons. The number of carbonyl (C=O) groups is 3. The number of unbranched alkanes of at least 4 members (excludes halogenated alkanes) is 4. The van der Waals surface area contributed by atoms with Gasteiger partial charge in [-0.25, -0.2) is 14.4 Å². The van der Waals surface area contributed by atoms with E-state index in [1.54, 1.807) is 48.5 Å². The van der Waals surface area contributed by atoms with E-state index in [1.165, 1.54) is 0 Å². The highest BCUT2D eigenvalue weighted by Crippen LogP contribution is 2.22. The Hall–Kier alpha value is -1.91. The second kappa shape index (κ2) is 16.3. The molecule has 38 heavy (non-hydrogen) atoms. The van der Waals surface area contributed by atoms with Gasteiger partial charge in [0.15, 0.2) is 6.04 Å². The molecule has 0 bridgehead atoms. The first-order valence-corrected chi connectivity index (χ1v) is 14.0. The molecular formula is C28H51NO9. The van der Waals surface area contributed by atoms with E-state index in [-0.39, 0.29) is 13.2 Å². The fourth-order valence-electron chi connectivity index (χ4n) is 3.77. The number of ether oxygens (including phenoxy) is 6. The third-order valence-corrected chi connectivity index (χ3v) is 5.59. The van der Waals surface area contributed by atoms with Crippen LogP contribution < -0.4 is 0 Å². The molecule has 1 saturated heterocycles. The molecule has 0 spiro atoms. The molecule has 1 aliphatic rings. The van der Waals surface area contributed by atoms with Crippen molar-refractivity contribution in [3.63, 3.8) is 0 Å². The lowest BCUT2D eigenvalue weighted by Gasteiger charge is -2.32. The maximum absolute atomic E-state index is 13.4. The molecular weight excluding hydrogens is 494 g/mol. The molecule has 1 heterocycles. The van der Waals surface area contributed by atoms with Crippen LogP contribution >= 0.6 is 0 Å². The molecule has 0 aliphatic carbocycles. The van der Waals surface area contributed by atoms with Gasteiger partial charge < -0.3 is 28.4 Å². The maximum Gasteiger partial charge on any atom is 0.420 e. The van der Waals surface area contributed by atoms with Crippen molar-refractivity contribution in [2.45, 2.75) is 136 Å². The number of carbonyl (C=O) groups excluding carboxylic acids is 3. The molecule has 0 aromatic rings. The van der Waals surface area contributed by atoms with Gasteiger partial charge >= 0.3 is 18.2 Å². The Balaban J connectivity index is 3.23. The average molecular weight is 546 g/mol. The van der Waals surface area contributed by atoms with Crippen LogP contribution in [0.15, 0.2) is 0 Å². The Morgan fingerprint density at radius 1 is 0.842 bits per heavy atom. The first kappa shape index (κ1) is 34.1. The fourth-order valence-corrected chi connectivity index (χ4v) is 3.77. The number of rotatable bonds is 11. The fraction of sp³-hybridized carbons (Fsp3) is 0.893. The number of esters is 1. The van der Waals surface area contributed by atoms with Crippen molar-refractivity contribution in [1.29, 1.82) is 0 Å². The number of imide groups is 1. The van der Waals surface area contributed by atoms with Gasteiger partial charge in [-0.1, -0.05) is 39.5 Å². The number of amides is 2. The highest BCUT2D eigenvalue weighted by Gasteiger charge is 2.44. The van der Waals surface area contributed by atoms with Crippen molar-refractivity contribution in [3.05, 3.63) is 0 Å².